The van der Waals surface area contributed by atoms with E-state index >= 15 is 0 Å². The van der Waals surface area contributed by atoms with E-state index in [0.717, 1.165) is 30.0 Å². The molecule has 0 spiro atoms. The van der Waals surface area contributed by atoms with Gasteiger partial charge in [0.15, 0.2) is 0 Å². The Bertz CT molecular complexity index is 428. The second-order valence-electron chi connectivity index (χ2n) is 5.17. The molecule has 1 amide bonds. The van der Waals surface area contributed by atoms with E-state index in [0.29, 0.717) is 11.3 Å². The van der Waals surface area contributed by atoms with Crippen LogP contribution in [0.2, 0.25) is 0 Å². The summed E-state index contributed by atoms with van der Waals surface area (Å²) in [6.45, 7) is 6.07. The summed E-state index contributed by atoms with van der Waals surface area (Å²) in [5, 5.41) is 6.91. The Balaban J connectivity index is 1.97. The van der Waals surface area contributed by atoms with Crippen LogP contribution in [-0.2, 0) is 0 Å². The molecule has 1 fully saturated rings. The highest BCUT2D eigenvalue weighted by Crippen LogP contribution is 2.26. The molecule has 19 heavy (non-hydrogen) atoms. The normalized spacial score (nSPS) is 18.8. The summed E-state index contributed by atoms with van der Waals surface area (Å²) in [5.41, 5.74) is 0.791. The van der Waals surface area contributed by atoms with E-state index in [1.165, 1.54) is 6.42 Å². The van der Waals surface area contributed by atoms with Gasteiger partial charge in [-0.2, -0.15) is 0 Å². The van der Waals surface area contributed by atoms with Crippen LogP contribution in [0, 0.1) is 0 Å². The van der Waals surface area contributed by atoms with Gasteiger partial charge in [0.2, 0.25) is 0 Å². The average Bonchev–Trinajstić information content (AvgIpc) is 2.89. The highest BCUT2D eigenvalue weighted by atomic mass is 32.2. The fourth-order valence-corrected chi connectivity index (χ4v) is 3.21. The fraction of sp³-hybridized carbons (Fsp3) is 0.533. The van der Waals surface area contributed by atoms with Crippen molar-refractivity contribution in [1.82, 2.24) is 10.6 Å². The van der Waals surface area contributed by atoms with E-state index in [1.54, 1.807) is 11.8 Å². The van der Waals surface area contributed by atoms with Crippen LogP contribution in [0.3, 0.4) is 0 Å². The van der Waals surface area contributed by atoms with Gasteiger partial charge < -0.3 is 10.6 Å². The first kappa shape index (κ1) is 14.4. The van der Waals surface area contributed by atoms with Gasteiger partial charge in [-0.05, 0) is 31.5 Å². The highest BCUT2D eigenvalue weighted by molar-refractivity contribution is 8.00. The molecular weight excluding hydrogens is 256 g/mol. The zero-order chi connectivity index (χ0) is 13.7. The van der Waals surface area contributed by atoms with Crippen molar-refractivity contribution in [3.05, 3.63) is 29.8 Å². The van der Waals surface area contributed by atoms with Crippen molar-refractivity contribution < 1.29 is 4.79 Å². The van der Waals surface area contributed by atoms with E-state index in [2.05, 4.69) is 24.5 Å². The standard InChI is InChI=1S/C15H22N2OS/c1-11(2)19-14-8-4-3-7-13(14)15(18)17-10-12-6-5-9-16-12/h3-4,7-8,11-12,16H,5-6,9-10H2,1-2H3,(H,17,18). The molecule has 1 heterocycles. The highest BCUT2D eigenvalue weighted by Gasteiger charge is 2.17. The Morgan fingerprint density at radius 3 is 2.95 bits per heavy atom. The van der Waals surface area contributed by atoms with Crippen LogP contribution in [0.1, 0.15) is 37.0 Å². The van der Waals surface area contributed by atoms with Crippen LogP contribution in [0.5, 0.6) is 0 Å². The van der Waals surface area contributed by atoms with E-state index < -0.39 is 0 Å². The van der Waals surface area contributed by atoms with Crippen LogP contribution in [0.15, 0.2) is 29.2 Å². The molecule has 1 aromatic carbocycles. The molecule has 0 bridgehead atoms. The molecule has 3 nitrogen and oxygen atoms in total. The molecule has 1 saturated heterocycles. The van der Waals surface area contributed by atoms with E-state index in [4.69, 9.17) is 0 Å². The lowest BCUT2D eigenvalue weighted by atomic mass is 10.2. The quantitative estimate of drug-likeness (QED) is 0.814. The molecule has 1 unspecified atom stereocenters. The van der Waals surface area contributed by atoms with Crippen molar-refractivity contribution in [2.24, 2.45) is 0 Å². The number of carbonyl (C=O) groups excluding carboxylic acids is 1. The number of hydrogen-bond acceptors (Lipinski definition) is 3. The maximum atomic E-state index is 12.3. The van der Waals surface area contributed by atoms with E-state index in [-0.39, 0.29) is 5.91 Å². The Morgan fingerprint density at radius 2 is 2.26 bits per heavy atom. The van der Waals surface area contributed by atoms with Crippen LogP contribution in [-0.4, -0.2) is 30.3 Å². The number of amides is 1. The largest absolute Gasteiger partial charge is 0.350 e. The van der Waals surface area contributed by atoms with Crippen molar-refractivity contribution in [1.29, 1.82) is 0 Å². The van der Waals surface area contributed by atoms with Crippen molar-refractivity contribution >= 4 is 17.7 Å². The first-order valence-corrected chi connectivity index (χ1v) is 7.82. The molecule has 1 aliphatic rings. The van der Waals surface area contributed by atoms with Gasteiger partial charge in [0.25, 0.3) is 5.91 Å². The molecule has 1 atom stereocenters. The molecule has 0 aromatic heterocycles. The van der Waals surface area contributed by atoms with Crippen molar-refractivity contribution in [2.45, 2.75) is 42.9 Å². The van der Waals surface area contributed by atoms with Gasteiger partial charge in [0.1, 0.15) is 0 Å². The molecule has 0 aliphatic carbocycles. The number of nitrogens with one attached hydrogen (secondary N) is 2. The third-order valence-electron chi connectivity index (χ3n) is 3.17. The van der Waals surface area contributed by atoms with Crippen LogP contribution in [0.25, 0.3) is 0 Å². The van der Waals surface area contributed by atoms with Gasteiger partial charge in [0, 0.05) is 22.7 Å². The fourth-order valence-electron chi connectivity index (χ4n) is 2.25. The summed E-state index contributed by atoms with van der Waals surface area (Å²) in [5.74, 6) is 0.0393. The van der Waals surface area contributed by atoms with Gasteiger partial charge in [-0.15, -0.1) is 11.8 Å². The zero-order valence-electron chi connectivity index (χ0n) is 11.6. The predicted molar refractivity (Wildman–Crippen MR) is 80.8 cm³/mol. The molecule has 1 aliphatic heterocycles. The molecule has 2 N–H and O–H groups in total. The van der Waals surface area contributed by atoms with Gasteiger partial charge in [-0.3, -0.25) is 4.79 Å². The van der Waals surface area contributed by atoms with Gasteiger partial charge in [0.05, 0.1) is 5.56 Å². The predicted octanol–water partition coefficient (Wildman–Crippen LogP) is 2.67. The number of thioether (sulfide) groups is 1. The minimum Gasteiger partial charge on any atom is -0.350 e. The molecule has 2 rings (SSSR count). The summed E-state index contributed by atoms with van der Waals surface area (Å²) in [6.07, 6.45) is 2.36. The summed E-state index contributed by atoms with van der Waals surface area (Å²) in [4.78, 5) is 13.3. The van der Waals surface area contributed by atoms with Crippen LogP contribution >= 0.6 is 11.8 Å². The van der Waals surface area contributed by atoms with Gasteiger partial charge in [-0.25, -0.2) is 0 Å². The second-order valence-corrected chi connectivity index (χ2v) is 6.78. The SMILES string of the molecule is CC(C)Sc1ccccc1C(=O)NCC1CCCN1. The molecule has 0 radical (unpaired) electrons. The average molecular weight is 278 g/mol. The lowest BCUT2D eigenvalue weighted by molar-refractivity contribution is 0.0947. The monoisotopic (exact) mass is 278 g/mol. The topological polar surface area (TPSA) is 41.1 Å². The second kappa shape index (κ2) is 6.96. The van der Waals surface area contributed by atoms with Crippen LogP contribution < -0.4 is 10.6 Å². The van der Waals surface area contributed by atoms with Crippen LogP contribution in [0.4, 0.5) is 0 Å². The molecule has 1 aromatic rings. The molecule has 0 saturated carbocycles. The third-order valence-corrected chi connectivity index (χ3v) is 4.25. The van der Waals surface area contributed by atoms with E-state index in [1.807, 2.05) is 24.3 Å². The number of hydrogen-bond donors (Lipinski definition) is 2. The van der Waals surface area contributed by atoms with Crippen molar-refractivity contribution in [3.8, 4) is 0 Å². The maximum absolute atomic E-state index is 12.3. The third kappa shape index (κ3) is 4.25. The van der Waals surface area contributed by atoms with Gasteiger partial charge in [-0.1, -0.05) is 26.0 Å². The first-order valence-electron chi connectivity index (χ1n) is 6.94. The number of benzene rings is 1. The molecular formula is C15H22N2OS. The van der Waals surface area contributed by atoms with Crippen molar-refractivity contribution in [2.75, 3.05) is 13.1 Å². The Kier molecular flexibility index (Phi) is 5.28. The van der Waals surface area contributed by atoms with Gasteiger partial charge >= 0.3 is 0 Å². The van der Waals surface area contributed by atoms with Crippen molar-refractivity contribution in [3.63, 3.8) is 0 Å². The maximum Gasteiger partial charge on any atom is 0.252 e. The minimum absolute atomic E-state index is 0.0393. The number of carbonyl (C=O) groups is 1. The lowest BCUT2D eigenvalue weighted by Gasteiger charge is -2.14. The zero-order valence-corrected chi connectivity index (χ0v) is 12.4. The Hall–Kier alpha value is -1.00. The number of rotatable bonds is 5. The summed E-state index contributed by atoms with van der Waals surface area (Å²) in [6, 6.07) is 8.27. The Labute approximate surface area is 119 Å². The van der Waals surface area contributed by atoms with E-state index in [9.17, 15) is 4.79 Å². The molecule has 104 valence electrons. The summed E-state index contributed by atoms with van der Waals surface area (Å²) >= 11 is 1.74. The lowest BCUT2D eigenvalue weighted by Crippen LogP contribution is -2.37. The minimum atomic E-state index is 0.0393. The summed E-state index contributed by atoms with van der Waals surface area (Å²) < 4.78 is 0. The smallest absolute Gasteiger partial charge is 0.252 e. The Morgan fingerprint density at radius 1 is 1.47 bits per heavy atom. The first-order chi connectivity index (χ1) is 9.16. The molecule has 4 heteroatoms. The summed E-state index contributed by atoms with van der Waals surface area (Å²) in [7, 11) is 0.